The molecule has 3 amide bonds. The van der Waals surface area contributed by atoms with Gasteiger partial charge in [-0.3, -0.25) is 4.79 Å². The Morgan fingerprint density at radius 2 is 1.76 bits per heavy atom. The molecule has 0 bridgehead atoms. The summed E-state index contributed by atoms with van der Waals surface area (Å²) in [5, 5.41) is 16.2. The molecule has 0 radical (unpaired) electrons. The number of hydrogen-bond donors (Lipinski definition) is 3. The van der Waals surface area contributed by atoms with Gasteiger partial charge in [0.15, 0.2) is 0 Å². The van der Waals surface area contributed by atoms with Gasteiger partial charge >= 0.3 is 6.03 Å². The molecule has 8 nitrogen and oxygen atoms in total. The Balaban J connectivity index is 1.37. The molecule has 0 saturated carbocycles. The van der Waals surface area contributed by atoms with Crippen LogP contribution >= 0.6 is 0 Å². The van der Waals surface area contributed by atoms with E-state index >= 15 is 0 Å². The number of nitrogens with zero attached hydrogens (tertiary/aromatic N) is 1. The van der Waals surface area contributed by atoms with Gasteiger partial charge in [0.2, 0.25) is 5.91 Å². The fourth-order valence-electron chi connectivity index (χ4n) is 4.62. The van der Waals surface area contributed by atoms with E-state index in [4.69, 9.17) is 9.47 Å². The van der Waals surface area contributed by atoms with Gasteiger partial charge in [-0.2, -0.15) is 0 Å². The van der Waals surface area contributed by atoms with E-state index in [1.807, 2.05) is 67.6 Å². The lowest BCUT2D eigenvalue weighted by molar-refractivity contribution is -0.150. The minimum atomic E-state index is -0.773. The van der Waals surface area contributed by atoms with Crippen LogP contribution in [-0.2, 0) is 14.3 Å². The number of β-amino-alcohol motifs (C(OH)–C–C–N with tert-alkyl or cyclic N) is 1. The number of aliphatic hydroxyl groups is 1. The number of nitrogens with one attached hydrogen (secondary N) is 2. The molecule has 5 atom stereocenters. The van der Waals surface area contributed by atoms with E-state index in [-0.39, 0.29) is 62.4 Å². The first-order valence-electron chi connectivity index (χ1n) is 11.9. The highest BCUT2D eigenvalue weighted by Gasteiger charge is 2.40. The number of benzene rings is 2. The standard InChI is InChI=1S/C26H33N3O5/c1-18(19-8-4-2-5-9-19)27-25(31)14-22-12-13-23-24(34-22)17-33-16-21(30)15-29(23)26(32)28-20-10-6-3-7-11-20/h2-11,18,21-24,30H,12-17H2,1H3,(H,27,31)(H,28,32)/t18-,21+,22-,23+,24-/m0/s1. The third-order valence-electron chi connectivity index (χ3n) is 6.36. The van der Waals surface area contributed by atoms with Gasteiger partial charge < -0.3 is 30.1 Å². The summed E-state index contributed by atoms with van der Waals surface area (Å²) in [4.78, 5) is 27.4. The van der Waals surface area contributed by atoms with Crippen molar-refractivity contribution in [3.63, 3.8) is 0 Å². The molecule has 182 valence electrons. The molecule has 2 aliphatic rings. The van der Waals surface area contributed by atoms with Crippen molar-refractivity contribution in [1.29, 1.82) is 0 Å². The Bertz CT molecular complexity index is 942. The first kappa shape index (κ1) is 24.2. The fourth-order valence-corrected chi connectivity index (χ4v) is 4.62. The second kappa shape index (κ2) is 11.5. The largest absolute Gasteiger partial charge is 0.389 e. The lowest BCUT2D eigenvalue weighted by Gasteiger charge is -2.44. The van der Waals surface area contributed by atoms with E-state index in [9.17, 15) is 14.7 Å². The summed E-state index contributed by atoms with van der Waals surface area (Å²) in [6, 6.07) is 18.4. The quantitative estimate of drug-likeness (QED) is 0.628. The van der Waals surface area contributed by atoms with Crippen LogP contribution in [0.15, 0.2) is 60.7 Å². The van der Waals surface area contributed by atoms with Crippen LogP contribution in [0.25, 0.3) is 0 Å². The number of fused-ring (bicyclic) bond motifs is 1. The van der Waals surface area contributed by atoms with E-state index in [0.29, 0.717) is 18.5 Å². The number of carbonyl (C=O) groups is 2. The minimum absolute atomic E-state index is 0.0688. The van der Waals surface area contributed by atoms with Crippen LogP contribution in [-0.4, -0.2) is 66.1 Å². The zero-order chi connectivity index (χ0) is 23.9. The van der Waals surface area contributed by atoms with E-state index in [0.717, 1.165) is 5.56 Å². The Morgan fingerprint density at radius 3 is 2.50 bits per heavy atom. The van der Waals surface area contributed by atoms with Crippen LogP contribution in [0.4, 0.5) is 10.5 Å². The number of urea groups is 1. The van der Waals surface area contributed by atoms with Crippen molar-refractivity contribution in [2.24, 2.45) is 0 Å². The van der Waals surface area contributed by atoms with Crippen molar-refractivity contribution in [3.05, 3.63) is 66.2 Å². The molecule has 0 aromatic heterocycles. The molecule has 0 spiro atoms. The third-order valence-corrected chi connectivity index (χ3v) is 6.36. The smallest absolute Gasteiger partial charge is 0.322 e. The topological polar surface area (TPSA) is 100 Å². The molecule has 2 fully saturated rings. The van der Waals surface area contributed by atoms with Crippen molar-refractivity contribution in [2.45, 2.75) is 56.6 Å². The van der Waals surface area contributed by atoms with Crippen LogP contribution in [0.3, 0.4) is 0 Å². The van der Waals surface area contributed by atoms with Crippen LogP contribution in [0, 0.1) is 0 Å². The second-order valence-corrected chi connectivity index (χ2v) is 8.99. The normalized spacial score (nSPS) is 25.9. The minimum Gasteiger partial charge on any atom is -0.389 e. The number of rotatable bonds is 5. The molecule has 4 rings (SSSR count). The molecular weight excluding hydrogens is 434 g/mol. The van der Waals surface area contributed by atoms with Crippen molar-refractivity contribution in [3.8, 4) is 0 Å². The lowest BCUT2D eigenvalue weighted by atomic mass is 9.94. The van der Waals surface area contributed by atoms with E-state index in [1.165, 1.54) is 0 Å². The van der Waals surface area contributed by atoms with E-state index in [1.54, 1.807) is 4.90 Å². The highest BCUT2D eigenvalue weighted by atomic mass is 16.5. The van der Waals surface area contributed by atoms with Crippen LogP contribution < -0.4 is 10.6 Å². The van der Waals surface area contributed by atoms with Gasteiger partial charge in [-0.15, -0.1) is 0 Å². The molecule has 2 aromatic rings. The Kier molecular flexibility index (Phi) is 8.16. The summed E-state index contributed by atoms with van der Waals surface area (Å²) >= 11 is 0. The molecule has 2 aromatic carbocycles. The molecule has 0 unspecified atom stereocenters. The Labute approximate surface area is 200 Å². The van der Waals surface area contributed by atoms with Crippen LogP contribution in [0.1, 0.15) is 37.8 Å². The summed E-state index contributed by atoms with van der Waals surface area (Å²) in [5.41, 5.74) is 1.74. The number of ether oxygens (including phenoxy) is 2. The van der Waals surface area contributed by atoms with Gasteiger partial charge in [-0.05, 0) is 37.5 Å². The summed E-state index contributed by atoms with van der Waals surface area (Å²) in [7, 11) is 0. The van der Waals surface area contributed by atoms with E-state index < -0.39 is 6.10 Å². The van der Waals surface area contributed by atoms with Gasteiger partial charge in [-0.25, -0.2) is 4.79 Å². The monoisotopic (exact) mass is 467 g/mol. The number of hydrogen-bond acceptors (Lipinski definition) is 5. The Morgan fingerprint density at radius 1 is 1.06 bits per heavy atom. The first-order valence-corrected chi connectivity index (χ1v) is 11.9. The third kappa shape index (κ3) is 6.34. The van der Waals surface area contributed by atoms with Gasteiger partial charge in [-0.1, -0.05) is 48.5 Å². The van der Waals surface area contributed by atoms with Crippen LogP contribution in [0.5, 0.6) is 0 Å². The molecule has 2 heterocycles. The summed E-state index contributed by atoms with van der Waals surface area (Å²) in [5.74, 6) is -0.0688. The van der Waals surface area contributed by atoms with Crippen molar-refractivity contribution in [1.82, 2.24) is 10.2 Å². The highest BCUT2D eigenvalue weighted by Crippen LogP contribution is 2.28. The lowest BCUT2D eigenvalue weighted by Crippen LogP contribution is -2.58. The number of para-hydroxylation sites is 1. The average molecular weight is 468 g/mol. The zero-order valence-corrected chi connectivity index (χ0v) is 19.4. The van der Waals surface area contributed by atoms with Crippen molar-refractivity contribution in [2.75, 3.05) is 25.1 Å². The van der Waals surface area contributed by atoms with Gasteiger partial charge in [0.25, 0.3) is 0 Å². The molecular formula is C26H33N3O5. The summed E-state index contributed by atoms with van der Waals surface area (Å²) < 4.78 is 11.9. The van der Waals surface area contributed by atoms with Crippen LogP contribution in [0.2, 0.25) is 0 Å². The van der Waals surface area contributed by atoms with Gasteiger partial charge in [0.1, 0.15) is 6.10 Å². The highest BCUT2D eigenvalue weighted by molar-refractivity contribution is 5.89. The van der Waals surface area contributed by atoms with Gasteiger partial charge in [0, 0.05) is 5.69 Å². The maximum absolute atomic E-state index is 13.1. The van der Waals surface area contributed by atoms with E-state index in [2.05, 4.69) is 10.6 Å². The maximum Gasteiger partial charge on any atom is 0.322 e. The SMILES string of the molecule is C[C@H](NC(=O)C[C@@H]1CC[C@@H]2[C@H](COC[C@H](O)CN2C(=O)Nc2ccccc2)O1)c1ccccc1. The van der Waals surface area contributed by atoms with Crippen molar-refractivity contribution < 1.29 is 24.2 Å². The molecule has 0 aliphatic carbocycles. The predicted molar refractivity (Wildman–Crippen MR) is 128 cm³/mol. The fraction of sp³-hybridized carbons (Fsp3) is 0.462. The molecule has 2 aliphatic heterocycles. The molecule has 2 saturated heterocycles. The van der Waals surface area contributed by atoms with Gasteiger partial charge in [0.05, 0.1) is 50.5 Å². The van der Waals surface area contributed by atoms with Crippen molar-refractivity contribution >= 4 is 17.6 Å². The maximum atomic E-state index is 13.1. The molecule has 34 heavy (non-hydrogen) atoms. The number of anilines is 1. The number of carbonyl (C=O) groups excluding carboxylic acids is 2. The number of amides is 3. The average Bonchev–Trinajstić information content (AvgIpc) is 2.83. The molecule has 3 N–H and O–H groups in total. The molecule has 8 heteroatoms. The zero-order valence-electron chi connectivity index (χ0n) is 19.4. The summed E-state index contributed by atoms with van der Waals surface area (Å²) in [6.07, 6.45) is 0.155. The predicted octanol–water partition coefficient (Wildman–Crippen LogP) is 3.10. The second-order valence-electron chi connectivity index (χ2n) is 8.99. The first-order chi connectivity index (χ1) is 16.5. The number of aliphatic hydroxyl groups excluding tert-OH is 1. The Hall–Kier alpha value is -2.94. The summed E-state index contributed by atoms with van der Waals surface area (Å²) in [6.45, 7) is 2.50.